The second-order valence-electron chi connectivity index (χ2n) is 4.13. The normalized spacial score (nSPS) is 12.2. The van der Waals surface area contributed by atoms with Crippen molar-refractivity contribution in [2.24, 2.45) is 0 Å². The molecule has 0 spiro atoms. The zero-order valence-corrected chi connectivity index (χ0v) is 11.0. The van der Waals surface area contributed by atoms with E-state index in [1.54, 1.807) is 6.07 Å². The Hall–Kier alpha value is -1.42. The maximum atomic E-state index is 13.5. The fourth-order valence-electron chi connectivity index (χ4n) is 1.81. The maximum Gasteiger partial charge on any atom is 0.165 e. The van der Waals surface area contributed by atoms with E-state index in [-0.39, 0.29) is 18.0 Å². The fourth-order valence-corrected chi connectivity index (χ4v) is 1.81. The minimum absolute atomic E-state index is 0.0242. The van der Waals surface area contributed by atoms with Crippen molar-refractivity contribution in [3.63, 3.8) is 0 Å². The minimum Gasteiger partial charge on any atom is -0.494 e. The van der Waals surface area contributed by atoms with Crippen molar-refractivity contribution >= 4 is 5.78 Å². The summed E-state index contributed by atoms with van der Waals surface area (Å²) in [6, 6.07) is 4.55. The van der Waals surface area contributed by atoms with Gasteiger partial charge in [0.05, 0.1) is 7.11 Å². The van der Waals surface area contributed by atoms with Crippen LogP contribution in [-0.4, -0.2) is 26.1 Å². The van der Waals surface area contributed by atoms with Crippen LogP contribution >= 0.6 is 0 Å². The monoisotopic (exact) mass is 254 g/mol. The van der Waals surface area contributed by atoms with Crippen molar-refractivity contribution in [2.75, 3.05) is 14.2 Å². The Morgan fingerprint density at radius 2 is 2.11 bits per heavy atom. The smallest absolute Gasteiger partial charge is 0.165 e. The number of methoxy groups -OCH3 is 2. The van der Waals surface area contributed by atoms with Crippen LogP contribution in [0.15, 0.2) is 18.2 Å². The topological polar surface area (TPSA) is 35.5 Å². The van der Waals surface area contributed by atoms with E-state index in [9.17, 15) is 9.18 Å². The molecule has 1 aromatic carbocycles. The number of hydrogen-bond donors (Lipinski definition) is 0. The lowest BCUT2D eigenvalue weighted by Crippen LogP contribution is -2.24. The van der Waals surface area contributed by atoms with Crippen molar-refractivity contribution < 1.29 is 18.7 Å². The standard InChI is InChI=1S/C14H19FO3/c1-4-5-14(18-3)12(16)9-10-6-7-13(17-2)11(15)8-10/h6-8,14H,4-5,9H2,1-3H3. The largest absolute Gasteiger partial charge is 0.494 e. The van der Waals surface area contributed by atoms with Gasteiger partial charge in [0.25, 0.3) is 0 Å². The van der Waals surface area contributed by atoms with Gasteiger partial charge in [0, 0.05) is 13.5 Å². The molecule has 1 aromatic rings. The Morgan fingerprint density at radius 1 is 1.39 bits per heavy atom. The lowest BCUT2D eigenvalue weighted by atomic mass is 10.0. The summed E-state index contributed by atoms with van der Waals surface area (Å²) in [6.45, 7) is 1.99. The van der Waals surface area contributed by atoms with Crippen molar-refractivity contribution in [2.45, 2.75) is 32.3 Å². The van der Waals surface area contributed by atoms with E-state index in [1.165, 1.54) is 26.4 Å². The summed E-state index contributed by atoms with van der Waals surface area (Å²) in [6.07, 6.45) is 1.34. The van der Waals surface area contributed by atoms with Gasteiger partial charge in [0.15, 0.2) is 17.3 Å². The molecule has 18 heavy (non-hydrogen) atoms. The summed E-state index contributed by atoms with van der Waals surface area (Å²) in [7, 11) is 2.93. The molecule has 0 aliphatic heterocycles. The van der Waals surface area contributed by atoms with Gasteiger partial charge in [0.1, 0.15) is 6.10 Å². The summed E-state index contributed by atoms with van der Waals surface area (Å²) in [4.78, 5) is 11.9. The van der Waals surface area contributed by atoms with E-state index in [0.717, 1.165) is 6.42 Å². The highest BCUT2D eigenvalue weighted by Gasteiger charge is 2.17. The van der Waals surface area contributed by atoms with Gasteiger partial charge in [-0.15, -0.1) is 0 Å². The third-order valence-electron chi connectivity index (χ3n) is 2.79. The first kappa shape index (κ1) is 14.6. The van der Waals surface area contributed by atoms with Crippen LogP contribution in [0.5, 0.6) is 5.75 Å². The first-order valence-corrected chi connectivity index (χ1v) is 6.00. The number of benzene rings is 1. The summed E-state index contributed by atoms with van der Waals surface area (Å²) in [5, 5.41) is 0. The van der Waals surface area contributed by atoms with Gasteiger partial charge in [-0.1, -0.05) is 19.4 Å². The van der Waals surface area contributed by atoms with Crippen molar-refractivity contribution in [1.82, 2.24) is 0 Å². The minimum atomic E-state index is -0.452. The van der Waals surface area contributed by atoms with Crippen LogP contribution in [-0.2, 0) is 16.0 Å². The molecule has 4 heteroatoms. The molecule has 0 aliphatic rings. The predicted molar refractivity (Wildman–Crippen MR) is 67.4 cm³/mol. The molecule has 0 bridgehead atoms. The van der Waals surface area contributed by atoms with Gasteiger partial charge in [-0.2, -0.15) is 0 Å². The van der Waals surface area contributed by atoms with Crippen molar-refractivity contribution in [1.29, 1.82) is 0 Å². The molecule has 0 heterocycles. The number of Topliss-reactive ketones (excluding diaryl/α,β-unsaturated/α-hetero) is 1. The van der Waals surface area contributed by atoms with E-state index in [4.69, 9.17) is 9.47 Å². The van der Waals surface area contributed by atoms with Crippen LogP contribution in [0.25, 0.3) is 0 Å². The average molecular weight is 254 g/mol. The summed E-state index contributed by atoms with van der Waals surface area (Å²) >= 11 is 0. The SMILES string of the molecule is CCCC(OC)C(=O)Cc1ccc(OC)c(F)c1. The number of carbonyl (C=O) groups excluding carboxylic acids is 1. The average Bonchev–Trinajstić information content (AvgIpc) is 2.36. The van der Waals surface area contributed by atoms with E-state index in [2.05, 4.69) is 0 Å². The van der Waals surface area contributed by atoms with Crippen LogP contribution in [0.4, 0.5) is 4.39 Å². The molecule has 0 radical (unpaired) electrons. The highest BCUT2D eigenvalue weighted by Crippen LogP contribution is 2.18. The lowest BCUT2D eigenvalue weighted by molar-refractivity contribution is -0.128. The molecule has 0 aromatic heterocycles. The Kier molecular flexibility index (Phi) is 5.78. The van der Waals surface area contributed by atoms with Crippen LogP contribution in [0.2, 0.25) is 0 Å². The molecule has 0 saturated carbocycles. The van der Waals surface area contributed by atoms with Gasteiger partial charge < -0.3 is 9.47 Å². The Morgan fingerprint density at radius 3 is 2.61 bits per heavy atom. The number of rotatable bonds is 7. The molecule has 0 amide bonds. The van der Waals surface area contributed by atoms with E-state index in [1.807, 2.05) is 6.92 Å². The zero-order chi connectivity index (χ0) is 13.5. The van der Waals surface area contributed by atoms with Gasteiger partial charge >= 0.3 is 0 Å². The van der Waals surface area contributed by atoms with Gasteiger partial charge in [-0.3, -0.25) is 4.79 Å². The lowest BCUT2D eigenvalue weighted by Gasteiger charge is -2.13. The van der Waals surface area contributed by atoms with Gasteiger partial charge in [-0.25, -0.2) is 4.39 Å². The van der Waals surface area contributed by atoms with Crippen LogP contribution in [0.3, 0.4) is 0 Å². The zero-order valence-electron chi connectivity index (χ0n) is 11.0. The highest BCUT2D eigenvalue weighted by atomic mass is 19.1. The molecule has 3 nitrogen and oxygen atoms in total. The van der Waals surface area contributed by atoms with Crippen molar-refractivity contribution in [3.8, 4) is 5.75 Å². The fraction of sp³-hybridized carbons (Fsp3) is 0.500. The molecule has 1 rings (SSSR count). The molecule has 0 N–H and O–H groups in total. The first-order chi connectivity index (χ1) is 8.62. The second-order valence-corrected chi connectivity index (χ2v) is 4.13. The van der Waals surface area contributed by atoms with Crippen molar-refractivity contribution in [3.05, 3.63) is 29.6 Å². The number of ketones is 1. The number of carbonyl (C=O) groups is 1. The molecule has 0 saturated heterocycles. The molecule has 1 unspecified atom stereocenters. The molecule has 100 valence electrons. The van der Waals surface area contributed by atoms with E-state index in [0.29, 0.717) is 12.0 Å². The van der Waals surface area contributed by atoms with E-state index >= 15 is 0 Å². The predicted octanol–water partition coefficient (Wildman–Crippen LogP) is 2.76. The Bertz CT molecular complexity index is 404. The Labute approximate surface area is 107 Å². The van der Waals surface area contributed by atoms with Crippen LogP contribution < -0.4 is 4.74 Å². The van der Waals surface area contributed by atoms with Crippen LogP contribution in [0.1, 0.15) is 25.3 Å². The third kappa shape index (κ3) is 3.81. The molecular weight excluding hydrogens is 235 g/mol. The van der Waals surface area contributed by atoms with Gasteiger partial charge in [0.2, 0.25) is 0 Å². The number of halogens is 1. The summed E-state index contributed by atoms with van der Waals surface area (Å²) in [5.41, 5.74) is 0.636. The summed E-state index contributed by atoms with van der Waals surface area (Å²) in [5.74, 6) is -0.292. The van der Waals surface area contributed by atoms with E-state index < -0.39 is 11.9 Å². The number of hydrogen-bond acceptors (Lipinski definition) is 3. The maximum absolute atomic E-state index is 13.5. The molecular formula is C14H19FO3. The third-order valence-corrected chi connectivity index (χ3v) is 2.79. The second kappa shape index (κ2) is 7.11. The summed E-state index contributed by atoms with van der Waals surface area (Å²) < 4.78 is 23.4. The Balaban J connectivity index is 2.72. The van der Waals surface area contributed by atoms with Gasteiger partial charge in [-0.05, 0) is 24.1 Å². The highest BCUT2D eigenvalue weighted by molar-refractivity contribution is 5.85. The molecule has 1 atom stereocenters. The number of ether oxygens (including phenoxy) is 2. The molecule has 0 aliphatic carbocycles. The van der Waals surface area contributed by atoms with Crippen LogP contribution in [0, 0.1) is 5.82 Å². The molecule has 0 fully saturated rings. The first-order valence-electron chi connectivity index (χ1n) is 6.00. The quantitative estimate of drug-likeness (QED) is 0.750.